The van der Waals surface area contributed by atoms with E-state index in [1.54, 1.807) is 12.4 Å². The fraction of sp³-hybridized carbons (Fsp3) is 0.235. The van der Waals surface area contributed by atoms with E-state index in [1.165, 1.54) is 34.9 Å². The molecule has 9 heteroatoms. The molecule has 136 valence electrons. The van der Waals surface area contributed by atoms with E-state index < -0.39 is 12.8 Å². The van der Waals surface area contributed by atoms with Gasteiger partial charge in [0.15, 0.2) is 6.61 Å². The predicted octanol–water partition coefficient (Wildman–Crippen LogP) is 3.13. The molecule has 1 N–H and O–H groups in total. The molecule has 0 radical (unpaired) electrons. The third-order valence-electron chi connectivity index (χ3n) is 3.60. The highest BCUT2D eigenvalue weighted by Crippen LogP contribution is 2.21. The summed E-state index contributed by atoms with van der Waals surface area (Å²) in [5, 5.41) is 6.51. The number of alkyl halides is 3. The van der Waals surface area contributed by atoms with Crippen LogP contribution >= 0.6 is 0 Å². The highest BCUT2D eigenvalue weighted by atomic mass is 19.4. The molecule has 0 aliphatic rings. The Bertz CT molecular complexity index is 932. The molecule has 26 heavy (non-hydrogen) atoms. The Hall–Kier alpha value is -3.10. The van der Waals surface area contributed by atoms with E-state index in [4.69, 9.17) is 0 Å². The molecular weight excluding hydrogens is 349 g/mol. The quantitative estimate of drug-likeness (QED) is 0.755. The average molecular weight is 364 g/mol. The molecule has 0 aliphatic heterocycles. The molecule has 3 rings (SSSR count). The number of aromatic amines is 1. The molecule has 1 aromatic carbocycles. The normalized spacial score (nSPS) is 11.5. The monoisotopic (exact) mass is 364 g/mol. The van der Waals surface area contributed by atoms with Crippen molar-refractivity contribution in [1.82, 2.24) is 19.7 Å². The second-order valence-corrected chi connectivity index (χ2v) is 5.47. The zero-order chi connectivity index (χ0) is 18.7. The molecule has 0 aliphatic carbocycles. The zero-order valence-corrected chi connectivity index (χ0v) is 13.7. The van der Waals surface area contributed by atoms with E-state index in [9.17, 15) is 18.0 Å². The molecule has 6 nitrogen and oxygen atoms in total. The molecule has 0 saturated heterocycles. The summed E-state index contributed by atoms with van der Waals surface area (Å²) in [5.41, 5.74) is 1.40. The smallest absolute Gasteiger partial charge is 0.422 e. The first-order chi connectivity index (χ1) is 12.4. The van der Waals surface area contributed by atoms with Gasteiger partial charge in [-0.3, -0.25) is 14.5 Å². The van der Waals surface area contributed by atoms with Crippen LogP contribution in [-0.4, -0.2) is 32.5 Å². The van der Waals surface area contributed by atoms with Gasteiger partial charge in [0.2, 0.25) is 0 Å². The van der Waals surface area contributed by atoms with Gasteiger partial charge in [0.25, 0.3) is 5.56 Å². The summed E-state index contributed by atoms with van der Waals surface area (Å²) in [6.45, 7) is 0.492. The number of benzene rings is 1. The number of aromatic nitrogens is 4. The molecule has 2 aromatic heterocycles. The van der Waals surface area contributed by atoms with Crippen molar-refractivity contribution in [3.63, 3.8) is 0 Å². The minimum absolute atomic E-state index is 0.0696. The Labute approximate surface area is 146 Å². The molecule has 0 unspecified atom stereocenters. The summed E-state index contributed by atoms with van der Waals surface area (Å²) >= 11 is 0. The van der Waals surface area contributed by atoms with Crippen LogP contribution in [0.25, 0.3) is 16.9 Å². The zero-order valence-electron chi connectivity index (χ0n) is 13.7. The number of aryl methyl sites for hydroxylation is 1. The predicted molar refractivity (Wildman–Crippen MR) is 88.3 cm³/mol. The average Bonchev–Trinajstić information content (AvgIpc) is 3.14. The number of hydrogen-bond donors (Lipinski definition) is 1. The van der Waals surface area contributed by atoms with Crippen molar-refractivity contribution in [3.8, 4) is 22.7 Å². The van der Waals surface area contributed by atoms with E-state index in [0.29, 0.717) is 29.2 Å². The Morgan fingerprint density at radius 1 is 1.23 bits per heavy atom. The fourth-order valence-corrected chi connectivity index (χ4v) is 2.44. The Kier molecular flexibility index (Phi) is 4.79. The van der Waals surface area contributed by atoms with Gasteiger partial charge in [-0.25, -0.2) is 4.98 Å². The van der Waals surface area contributed by atoms with Gasteiger partial charge in [0.05, 0.1) is 17.6 Å². The third-order valence-corrected chi connectivity index (χ3v) is 3.60. The Morgan fingerprint density at radius 3 is 2.54 bits per heavy atom. The van der Waals surface area contributed by atoms with E-state index in [1.807, 2.05) is 6.92 Å². The Balaban J connectivity index is 1.92. The van der Waals surface area contributed by atoms with Crippen LogP contribution in [0.2, 0.25) is 0 Å². The molecule has 0 bridgehead atoms. The highest BCUT2D eigenvalue weighted by molar-refractivity contribution is 5.56. The van der Waals surface area contributed by atoms with Gasteiger partial charge in [-0.15, -0.1) is 0 Å². The number of halogens is 3. The highest BCUT2D eigenvalue weighted by Gasteiger charge is 2.28. The minimum Gasteiger partial charge on any atom is -0.484 e. The van der Waals surface area contributed by atoms with Crippen LogP contribution in [0.5, 0.6) is 5.75 Å². The van der Waals surface area contributed by atoms with Gasteiger partial charge in [0, 0.05) is 24.2 Å². The molecule has 0 amide bonds. The maximum Gasteiger partial charge on any atom is 0.422 e. The first-order valence-electron chi connectivity index (χ1n) is 7.79. The summed E-state index contributed by atoms with van der Waals surface area (Å²) < 4.78 is 42.7. The first kappa shape index (κ1) is 17.7. The van der Waals surface area contributed by atoms with Gasteiger partial charge >= 0.3 is 6.18 Å². The van der Waals surface area contributed by atoms with Gasteiger partial charge in [-0.2, -0.15) is 18.3 Å². The molecule has 0 saturated carbocycles. The van der Waals surface area contributed by atoms with Crippen molar-refractivity contribution in [2.24, 2.45) is 0 Å². The fourth-order valence-electron chi connectivity index (χ4n) is 2.44. The lowest BCUT2D eigenvalue weighted by molar-refractivity contribution is -0.153. The van der Waals surface area contributed by atoms with Gasteiger partial charge in [-0.05, 0) is 24.3 Å². The molecule has 3 aromatic rings. The molecule has 0 spiro atoms. The lowest BCUT2D eigenvalue weighted by atomic mass is 10.2. The van der Waals surface area contributed by atoms with E-state index >= 15 is 0 Å². The summed E-state index contributed by atoms with van der Waals surface area (Å²) in [4.78, 5) is 17.1. The van der Waals surface area contributed by atoms with Gasteiger partial charge < -0.3 is 4.74 Å². The van der Waals surface area contributed by atoms with Crippen LogP contribution in [0.3, 0.4) is 0 Å². The van der Waals surface area contributed by atoms with Crippen LogP contribution in [0.1, 0.15) is 12.7 Å². The number of nitrogens with one attached hydrogen (secondary N) is 1. The number of nitrogens with zero attached hydrogens (tertiary/aromatic N) is 3. The van der Waals surface area contributed by atoms with Crippen LogP contribution in [-0.2, 0) is 6.42 Å². The van der Waals surface area contributed by atoms with Crippen LogP contribution < -0.4 is 10.3 Å². The van der Waals surface area contributed by atoms with Crippen LogP contribution in [0, 0.1) is 0 Å². The first-order valence-corrected chi connectivity index (χ1v) is 7.79. The number of hydrogen-bond acceptors (Lipinski definition) is 4. The van der Waals surface area contributed by atoms with E-state index in [0.717, 1.165) is 0 Å². The minimum atomic E-state index is -4.40. The van der Waals surface area contributed by atoms with Gasteiger partial charge in [0.1, 0.15) is 11.6 Å². The van der Waals surface area contributed by atoms with Gasteiger partial charge in [-0.1, -0.05) is 6.92 Å². The maximum absolute atomic E-state index is 12.6. The standard InChI is InChI=1S/C17H15F3N4O2/c1-2-15-23-14(11-8-21-22-9-11)7-16(25)24(15)12-3-5-13(6-4-12)26-10-17(18,19)20/h3-9H,2,10H2,1H3,(H,21,22). The maximum atomic E-state index is 12.6. The van der Waals surface area contributed by atoms with Crippen molar-refractivity contribution in [1.29, 1.82) is 0 Å². The third kappa shape index (κ3) is 3.93. The molecule has 0 fully saturated rings. The van der Waals surface area contributed by atoms with Crippen molar-refractivity contribution in [2.45, 2.75) is 19.5 Å². The number of ether oxygens (including phenoxy) is 1. The lowest BCUT2D eigenvalue weighted by Crippen LogP contribution is -2.23. The summed E-state index contributed by atoms with van der Waals surface area (Å²) in [7, 11) is 0. The SMILES string of the molecule is CCc1nc(-c2cn[nH]c2)cc(=O)n1-c1ccc(OCC(F)(F)F)cc1. The topological polar surface area (TPSA) is 72.8 Å². The molecule has 2 heterocycles. The van der Waals surface area contributed by atoms with Crippen molar-refractivity contribution >= 4 is 0 Å². The lowest BCUT2D eigenvalue weighted by Gasteiger charge is -2.13. The van der Waals surface area contributed by atoms with Crippen molar-refractivity contribution in [3.05, 3.63) is 58.9 Å². The molecular formula is C17H15F3N4O2. The van der Waals surface area contributed by atoms with Crippen LogP contribution in [0.4, 0.5) is 13.2 Å². The largest absolute Gasteiger partial charge is 0.484 e. The van der Waals surface area contributed by atoms with E-state index in [-0.39, 0.29) is 11.3 Å². The van der Waals surface area contributed by atoms with E-state index in [2.05, 4.69) is 19.9 Å². The summed E-state index contributed by atoms with van der Waals surface area (Å²) in [6, 6.07) is 7.20. The van der Waals surface area contributed by atoms with Crippen molar-refractivity contribution in [2.75, 3.05) is 6.61 Å². The summed E-state index contributed by atoms with van der Waals surface area (Å²) in [6.07, 6.45) is -0.707. The summed E-state index contributed by atoms with van der Waals surface area (Å²) in [5.74, 6) is 0.595. The van der Waals surface area contributed by atoms with Crippen molar-refractivity contribution < 1.29 is 17.9 Å². The second kappa shape index (κ2) is 7.03. The second-order valence-electron chi connectivity index (χ2n) is 5.47. The van der Waals surface area contributed by atoms with Crippen LogP contribution in [0.15, 0.2) is 47.5 Å². The molecule has 0 atom stereocenters. The Morgan fingerprint density at radius 2 is 1.96 bits per heavy atom. The number of H-pyrrole nitrogens is 1. The number of rotatable bonds is 5.